The number of ether oxygens (including phenoxy) is 4. The van der Waals surface area contributed by atoms with Crippen molar-refractivity contribution < 1.29 is 28.5 Å². The molecule has 0 bridgehead atoms. The Labute approximate surface area is 298 Å². The number of aromatic nitrogens is 1. The highest BCUT2D eigenvalue weighted by Crippen LogP contribution is 2.38. The molecule has 0 N–H and O–H groups in total. The maximum atomic E-state index is 14.2. The van der Waals surface area contributed by atoms with Crippen LogP contribution >= 0.6 is 38.6 Å². The summed E-state index contributed by atoms with van der Waals surface area (Å²) >= 11 is 6.32. The number of fused-ring (bicyclic) bond motifs is 1. The van der Waals surface area contributed by atoms with Gasteiger partial charge in [0.15, 0.2) is 16.3 Å². The molecule has 9 nitrogen and oxygen atoms in total. The maximum Gasteiger partial charge on any atom is 0.338 e. The average Bonchev–Trinajstić information content (AvgIpc) is 3.76. The molecule has 49 heavy (non-hydrogen) atoms. The van der Waals surface area contributed by atoms with Crippen LogP contribution in [0.15, 0.2) is 104 Å². The summed E-state index contributed by atoms with van der Waals surface area (Å²) in [5, 5.41) is 1.92. The minimum Gasteiger partial charge on any atom is -0.493 e. The predicted molar refractivity (Wildman–Crippen MR) is 193 cm³/mol. The molecule has 3 aromatic carbocycles. The lowest BCUT2D eigenvalue weighted by molar-refractivity contribution is -0.138. The van der Waals surface area contributed by atoms with E-state index in [2.05, 4.69) is 15.9 Å². The summed E-state index contributed by atoms with van der Waals surface area (Å²) < 4.78 is 25.0. The standard InChI is InChI=1S/C37H31BrN2O7S2/c1-4-45-35(42)25-15-13-22(14-16-25)21-47-33-26(38)18-23(19-27(33)44-3)20-29-34(41)40-32(28-12-9-17-48-28)30(36(43)46-5-2)31(39-37(40)49-29)24-10-7-6-8-11-24/h6-20,32H,4-5,21H2,1-3H3/b29-20-/t32-/m0/s1. The molecule has 0 spiro atoms. The lowest BCUT2D eigenvalue weighted by Crippen LogP contribution is -2.39. The first-order chi connectivity index (χ1) is 23.8. The molecule has 1 aliphatic heterocycles. The van der Waals surface area contributed by atoms with Gasteiger partial charge in [-0.25, -0.2) is 14.6 Å². The van der Waals surface area contributed by atoms with Crippen LogP contribution in [0.4, 0.5) is 0 Å². The molecule has 0 radical (unpaired) electrons. The number of rotatable bonds is 11. The van der Waals surface area contributed by atoms with Crippen molar-refractivity contribution >= 4 is 62.3 Å². The Bertz CT molecular complexity index is 2210. The SMILES string of the molecule is CCOC(=O)C1=C(c2ccccc2)N=c2s/c(=C\c3cc(Br)c(OCc4ccc(C(=O)OCC)cc4)c(OC)c3)c(=O)n2[C@H]1c1cccs1. The fraction of sp³-hybridized carbons (Fsp3) is 0.189. The van der Waals surface area contributed by atoms with Gasteiger partial charge in [-0.05, 0) is 82.7 Å². The van der Waals surface area contributed by atoms with Gasteiger partial charge in [-0.3, -0.25) is 9.36 Å². The van der Waals surface area contributed by atoms with E-state index in [0.717, 1.165) is 16.0 Å². The minimum absolute atomic E-state index is 0.185. The first-order valence-electron chi connectivity index (χ1n) is 15.4. The van der Waals surface area contributed by atoms with E-state index in [4.69, 9.17) is 23.9 Å². The molecule has 0 saturated heterocycles. The smallest absolute Gasteiger partial charge is 0.338 e. The molecule has 2 aromatic heterocycles. The number of halogens is 1. The van der Waals surface area contributed by atoms with E-state index in [0.29, 0.717) is 54.3 Å². The van der Waals surface area contributed by atoms with Gasteiger partial charge in [0.05, 0.1) is 46.2 Å². The highest BCUT2D eigenvalue weighted by Gasteiger charge is 2.35. The molecule has 0 aliphatic carbocycles. The molecule has 0 fully saturated rings. The van der Waals surface area contributed by atoms with Gasteiger partial charge in [0.25, 0.3) is 5.56 Å². The van der Waals surface area contributed by atoms with Crippen LogP contribution in [0.1, 0.15) is 51.8 Å². The highest BCUT2D eigenvalue weighted by atomic mass is 79.9. The van der Waals surface area contributed by atoms with Gasteiger partial charge in [-0.1, -0.05) is 59.9 Å². The highest BCUT2D eigenvalue weighted by molar-refractivity contribution is 9.10. The first-order valence-corrected chi connectivity index (χ1v) is 17.9. The van der Waals surface area contributed by atoms with Crippen LogP contribution in [0.2, 0.25) is 0 Å². The third-order valence-electron chi connectivity index (χ3n) is 7.58. The van der Waals surface area contributed by atoms with Crippen LogP contribution in [0.5, 0.6) is 11.5 Å². The second kappa shape index (κ2) is 15.2. The average molecular weight is 760 g/mol. The van der Waals surface area contributed by atoms with E-state index in [9.17, 15) is 14.4 Å². The van der Waals surface area contributed by atoms with Crippen LogP contribution < -0.4 is 24.4 Å². The van der Waals surface area contributed by atoms with Crippen molar-refractivity contribution in [1.29, 1.82) is 0 Å². The number of carbonyl (C=O) groups is 2. The van der Waals surface area contributed by atoms with Gasteiger partial charge in [0.1, 0.15) is 12.6 Å². The van der Waals surface area contributed by atoms with Crippen LogP contribution in [-0.2, 0) is 20.9 Å². The predicted octanol–water partition coefficient (Wildman–Crippen LogP) is 6.52. The number of esters is 2. The lowest BCUT2D eigenvalue weighted by Gasteiger charge is -2.24. The maximum absolute atomic E-state index is 14.2. The van der Waals surface area contributed by atoms with E-state index < -0.39 is 12.0 Å². The third kappa shape index (κ3) is 7.17. The van der Waals surface area contributed by atoms with Gasteiger partial charge < -0.3 is 18.9 Å². The van der Waals surface area contributed by atoms with Gasteiger partial charge in [0.2, 0.25) is 0 Å². The first kappa shape index (κ1) is 34.1. The van der Waals surface area contributed by atoms with Gasteiger partial charge in [-0.2, -0.15) is 0 Å². The Hall–Kier alpha value is -4.78. The molecule has 3 heterocycles. The normalized spacial score (nSPS) is 14.2. The number of carbonyl (C=O) groups excluding carboxylic acids is 2. The summed E-state index contributed by atoms with van der Waals surface area (Å²) in [4.78, 5) is 45.9. The third-order valence-corrected chi connectivity index (χ3v) is 10.1. The largest absolute Gasteiger partial charge is 0.493 e. The fourth-order valence-corrected chi connectivity index (χ4v) is 7.78. The molecule has 12 heteroatoms. The van der Waals surface area contributed by atoms with Crippen LogP contribution in [-0.4, -0.2) is 36.8 Å². The molecule has 5 aromatic rings. The second-order valence-electron chi connectivity index (χ2n) is 10.7. The molecule has 250 valence electrons. The summed E-state index contributed by atoms with van der Waals surface area (Å²) in [6, 6.07) is 23.2. The van der Waals surface area contributed by atoms with Crippen molar-refractivity contribution in [1.82, 2.24) is 4.57 Å². The number of hydrogen-bond donors (Lipinski definition) is 0. The Balaban J connectivity index is 1.38. The molecular weight excluding hydrogens is 728 g/mol. The number of methoxy groups -OCH3 is 1. The Morgan fingerprint density at radius 2 is 1.69 bits per heavy atom. The molecule has 0 saturated carbocycles. The van der Waals surface area contributed by atoms with Crippen molar-refractivity contribution in [3.05, 3.63) is 141 Å². The molecule has 6 rings (SSSR count). The molecule has 1 aliphatic rings. The van der Waals surface area contributed by atoms with Gasteiger partial charge in [0, 0.05) is 10.4 Å². The summed E-state index contributed by atoms with van der Waals surface area (Å²) in [5.41, 5.74) is 3.28. The minimum atomic E-state index is -0.712. The lowest BCUT2D eigenvalue weighted by atomic mass is 9.97. The summed E-state index contributed by atoms with van der Waals surface area (Å²) in [5.74, 6) is 0.0568. The van der Waals surface area contributed by atoms with E-state index >= 15 is 0 Å². The number of hydrogen-bond acceptors (Lipinski definition) is 10. The van der Waals surface area contributed by atoms with Gasteiger partial charge >= 0.3 is 11.9 Å². The zero-order valence-electron chi connectivity index (χ0n) is 26.8. The Morgan fingerprint density at radius 1 is 0.959 bits per heavy atom. The topological polar surface area (TPSA) is 105 Å². The summed E-state index contributed by atoms with van der Waals surface area (Å²) in [6.07, 6.45) is 1.77. The second-order valence-corrected chi connectivity index (χ2v) is 13.5. The zero-order valence-corrected chi connectivity index (χ0v) is 30.0. The Morgan fingerprint density at radius 3 is 2.37 bits per heavy atom. The van der Waals surface area contributed by atoms with E-state index in [1.165, 1.54) is 22.7 Å². The van der Waals surface area contributed by atoms with Crippen molar-refractivity contribution in [3.8, 4) is 11.5 Å². The van der Waals surface area contributed by atoms with Gasteiger partial charge in [-0.15, -0.1) is 11.3 Å². The summed E-state index contributed by atoms with van der Waals surface area (Å²) in [7, 11) is 1.55. The number of thiophene rings is 1. The van der Waals surface area contributed by atoms with E-state index in [1.54, 1.807) is 61.9 Å². The quantitative estimate of drug-likeness (QED) is 0.141. The molecule has 1 atom stereocenters. The number of benzene rings is 3. The molecule has 0 amide bonds. The molecule has 0 unspecified atom stereocenters. The Kier molecular flexibility index (Phi) is 10.6. The van der Waals surface area contributed by atoms with Crippen molar-refractivity contribution in [2.24, 2.45) is 4.99 Å². The van der Waals surface area contributed by atoms with Crippen LogP contribution in [0, 0.1) is 0 Å². The van der Waals surface area contributed by atoms with Crippen molar-refractivity contribution in [2.75, 3.05) is 20.3 Å². The van der Waals surface area contributed by atoms with Crippen LogP contribution in [0.25, 0.3) is 11.8 Å². The number of thiazole rings is 1. The fourth-order valence-electron chi connectivity index (χ4n) is 5.38. The summed E-state index contributed by atoms with van der Waals surface area (Å²) in [6.45, 7) is 4.24. The van der Waals surface area contributed by atoms with Crippen molar-refractivity contribution in [2.45, 2.75) is 26.5 Å². The monoisotopic (exact) mass is 758 g/mol. The van der Waals surface area contributed by atoms with Crippen LogP contribution in [0.3, 0.4) is 0 Å². The number of nitrogens with zero attached hydrogens (tertiary/aromatic N) is 2. The van der Waals surface area contributed by atoms with E-state index in [-0.39, 0.29) is 24.7 Å². The zero-order chi connectivity index (χ0) is 34.5. The molecular formula is C37H31BrN2O7S2. The van der Waals surface area contributed by atoms with E-state index in [1.807, 2.05) is 53.9 Å². The van der Waals surface area contributed by atoms with Crippen molar-refractivity contribution in [3.63, 3.8) is 0 Å².